The van der Waals surface area contributed by atoms with Gasteiger partial charge in [0.2, 0.25) is 10.0 Å². The Balaban J connectivity index is 1.94. The van der Waals surface area contributed by atoms with Crippen LogP contribution in [0.25, 0.3) is 11.1 Å². The molecule has 6 nitrogen and oxygen atoms in total. The molecular weight excluding hydrogens is 436 g/mol. The second-order valence-corrected chi connectivity index (χ2v) is 10.8. The topological polar surface area (TPSA) is 95.5 Å². The number of benzene rings is 2. The number of piperidine rings is 1. The smallest absolute Gasteiger partial charge is 0.310 e. The number of unbranched alkanes of at least 4 members (excludes halogenated alkanes) is 2. The third kappa shape index (κ3) is 7.13. The average Bonchev–Trinajstić information content (AvgIpc) is 2.77. The van der Waals surface area contributed by atoms with Crippen LogP contribution in [0.5, 0.6) is 0 Å². The number of sulfonamides is 1. The van der Waals surface area contributed by atoms with E-state index < -0.39 is 21.9 Å². The molecule has 1 saturated heterocycles. The molecule has 0 bridgehead atoms. The Kier molecular flexibility index (Phi) is 9.06. The van der Waals surface area contributed by atoms with Gasteiger partial charge >= 0.3 is 5.97 Å². The second-order valence-electron chi connectivity index (χ2n) is 9.03. The summed E-state index contributed by atoms with van der Waals surface area (Å²) in [5.41, 5.74) is 3.89. The molecule has 0 spiro atoms. The summed E-state index contributed by atoms with van der Waals surface area (Å²) in [6.45, 7) is 2.97. The molecule has 3 N–H and O–H groups in total. The number of carboxylic acid groups (broad SMARTS) is 1. The predicted molar refractivity (Wildman–Crippen MR) is 133 cm³/mol. The van der Waals surface area contributed by atoms with Crippen LogP contribution in [-0.2, 0) is 21.2 Å². The fourth-order valence-electron chi connectivity index (χ4n) is 4.84. The summed E-state index contributed by atoms with van der Waals surface area (Å²) in [7, 11) is -3.31. The third-order valence-corrected chi connectivity index (χ3v) is 7.16. The molecule has 1 aliphatic heterocycles. The minimum Gasteiger partial charge on any atom is -0.481 e. The van der Waals surface area contributed by atoms with E-state index >= 15 is 0 Å². The monoisotopic (exact) mass is 472 g/mol. The van der Waals surface area contributed by atoms with E-state index in [2.05, 4.69) is 23.0 Å². The summed E-state index contributed by atoms with van der Waals surface area (Å²) < 4.78 is 26.6. The van der Waals surface area contributed by atoms with Gasteiger partial charge in [-0.3, -0.25) is 4.79 Å². The largest absolute Gasteiger partial charge is 0.481 e. The van der Waals surface area contributed by atoms with Crippen LogP contribution >= 0.6 is 0 Å². The normalized spacial score (nSPS) is 19.8. The number of hydrogen-bond donors (Lipinski definition) is 3. The first-order chi connectivity index (χ1) is 15.8. The fourth-order valence-corrected chi connectivity index (χ4v) is 5.67. The lowest BCUT2D eigenvalue weighted by molar-refractivity contribution is -0.139. The lowest BCUT2D eigenvalue weighted by Gasteiger charge is -2.33. The summed E-state index contributed by atoms with van der Waals surface area (Å²) in [5, 5.41) is 13.5. The van der Waals surface area contributed by atoms with Crippen molar-refractivity contribution in [3.05, 3.63) is 59.7 Å². The van der Waals surface area contributed by atoms with E-state index in [1.807, 2.05) is 42.5 Å². The van der Waals surface area contributed by atoms with Gasteiger partial charge in [0.25, 0.3) is 0 Å². The van der Waals surface area contributed by atoms with Gasteiger partial charge in [0.1, 0.15) is 0 Å². The predicted octanol–water partition coefficient (Wildman–Crippen LogP) is 4.31. The van der Waals surface area contributed by atoms with E-state index in [1.165, 1.54) is 6.26 Å². The Morgan fingerprint density at radius 1 is 1.12 bits per heavy atom. The lowest BCUT2D eigenvalue weighted by atomic mass is 9.84. The van der Waals surface area contributed by atoms with Crippen molar-refractivity contribution in [1.82, 2.24) is 10.0 Å². The van der Waals surface area contributed by atoms with Crippen LogP contribution in [0.3, 0.4) is 0 Å². The number of carbonyl (C=O) groups is 1. The maximum Gasteiger partial charge on any atom is 0.310 e. The van der Waals surface area contributed by atoms with Gasteiger partial charge in [-0.1, -0.05) is 74.7 Å². The van der Waals surface area contributed by atoms with Crippen molar-refractivity contribution >= 4 is 16.0 Å². The van der Waals surface area contributed by atoms with Crippen molar-refractivity contribution in [3.8, 4) is 11.1 Å². The van der Waals surface area contributed by atoms with Crippen molar-refractivity contribution in [3.63, 3.8) is 0 Å². The second kappa shape index (κ2) is 11.8. The van der Waals surface area contributed by atoms with E-state index in [-0.39, 0.29) is 12.1 Å². The van der Waals surface area contributed by atoms with Crippen LogP contribution in [-0.4, -0.2) is 44.4 Å². The van der Waals surface area contributed by atoms with Gasteiger partial charge in [-0.25, -0.2) is 13.1 Å². The highest BCUT2D eigenvalue weighted by molar-refractivity contribution is 7.88. The van der Waals surface area contributed by atoms with E-state index in [0.29, 0.717) is 12.8 Å². The quantitative estimate of drug-likeness (QED) is 0.424. The highest BCUT2D eigenvalue weighted by atomic mass is 32.2. The van der Waals surface area contributed by atoms with Crippen molar-refractivity contribution in [2.24, 2.45) is 0 Å². The first kappa shape index (κ1) is 25.4. The molecule has 2 aromatic carbocycles. The zero-order valence-corrected chi connectivity index (χ0v) is 20.4. The van der Waals surface area contributed by atoms with Gasteiger partial charge in [-0.2, -0.15) is 0 Å². The molecule has 2 aromatic rings. The zero-order chi connectivity index (χ0) is 23.8. The van der Waals surface area contributed by atoms with Gasteiger partial charge in [0, 0.05) is 12.1 Å². The highest BCUT2D eigenvalue weighted by Gasteiger charge is 2.29. The van der Waals surface area contributed by atoms with Crippen LogP contribution < -0.4 is 10.0 Å². The van der Waals surface area contributed by atoms with Crippen LogP contribution in [0.2, 0.25) is 0 Å². The minimum absolute atomic E-state index is 0.0263. The maximum atomic E-state index is 12.2. The molecular formula is C26H36N2O4S. The standard InChI is InChI=1S/C26H36N2O4S/c1-3-4-5-15-23(26(29)30)22-14-9-8-13-21(22)20-12-7-6-11-19(20)18-25-24(16-10-17-27-25)28-33(2,31)32/h6-9,11-14,23-25,27-28H,3-5,10,15-18H2,1-2H3,(H,29,30). The molecule has 0 saturated carbocycles. The summed E-state index contributed by atoms with van der Waals surface area (Å²) in [4.78, 5) is 12.2. The molecule has 33 heavy (non-hydrogen) atoms. The summed E-state index contributed by atoms with van der Waals surface area (Å²) >= 11 is 0. The molecule has 7 heteroatoms. The van der Waals surface area contributed by atoms with Gasteiger partial charge in [-0.05, 0) is 54.5 Å². The molecule has 1 aliphatic rings. The van der Waals surface area contributed by atoms with Crippen LogP contribution in [0.4, 0.5) is 0 Å². The Morgan fingerprint density at radius 3 is 2.52 bits per heavy atom. The molecule has 0 amide bonds. The van der Waals surface area contributed by atoms with Crippen molar-refractivity contribution in [1.29, 1.82) is 0 Å². The lowest BCUT2D eigenvalue weighted by Crippen LogP contribution is -2.54. The SMILES string of the molecule is CCCCCC(C(=O)O)c1ccccc1-c1ccccc1CC1NCCCC1NS(C)(=O)=O. The van der Waals surface area contributed by atoms with Gasteiger partial charge < -0.3 is 10.4 Å². The molecule has 3 rings (SSSR count). The maximum absolute atomic E-state index is 12.2. The number of nitrogens with one attached hydrogen (secondary N) is 2. The number of aliphatic carboxylic acids is 1. The van der Waals surface area contributed by atoms with E-state index in [1.54, 1.807) is 0 Å². The van der Waals surface area contributed by atoms with Gasteiger partial charge in [0.15, 0.2) is 0 Å². The fraction of sp³-hybridized carbons (Fsp3) is 0.500. The van der Waals surface area contributed by atoms with Gasteiger partial charge in [0.05, 0.1) is 12.2 Å². The Morgan fingerprint density at radius 2 is 1.82 bits per heavy atom. The molecule has 0 aliphatic carbocycles. The van der Waals surface area contributed by atoms with Crippen molar-refractivity contribution < 1.29 is 18.3 Å². The minimum atomic E-state index is -3.31. The molecule has 180 valence electrons. The molecule has 0 radical (unpaired) electrons. The van der Waals surface area contributed by atoms with Crippen LogP contribution in [0.15, 0.2) is 48.5 Å². The van der Waals surface area contributed by atoms with Crippen molar-refractivity contribution in [2.75, 3.05) is 12.8 Å². The Labute approximate surface area is 197 Å². The van der Waals surface area contributed by atoms with Crippen LogP contribution in [0, 0.1) is 0 Å². The third-order valence-electron chi connectivity index (χ3n) is 6.43. The van der Waals surface area contributed by atoms with E-state index in [9.17, 15) is 18.3 Å². The molecule has 1 heterocycles. The molecule has 3 unspecified atom stereocenters. The average molecular weight is 473 g/mol. The Bertz CT molecular complexity index is 1040. The van der Waals surface area contributed by atoms with E-state index in [0.717, 1.165) is 60.9 Å². The summed E-state index contributed by atoms with van der Waals surface area (Å²) in [6.07, 6.45) is 7.15. The van der Waals surface area contributed by atoms with Crippen LogP contribution in [0.1, 0.15) is 62.5 Å². The number of hydrogen-bond acceptors (Lipinski definition) is 4. The summed E-state index contributed by atoms with van der Waals surface area (Å²) in [5.74, 6) is -1.34. The first-order valence-corrected chi connectivity index (χ1v) is 13.8. The molecule has 0 aromatic heterocycles. The Hall–Kier alpha value is -2.22. The number of carboxylic acids is 1. The van der Waals surface area contributed by atoms with E-state index in [4.69, 9.17) is 0 Å². The molecule has 1 fully saturated rings. The summed E-state index contributed by atoms with van der Waals surface area (Å²) in [6, 6.07) is 15.7. The van der Waals surface area contributed by atoms with Gasteiger partial charge in [-0.15, -0.1) is 0 Å². The zero-order valence-electron chi connectivity index (χ0n) is 19.6. The highest BCUT2D eigenvalue weighted by Crippen LogP contribution is 2.35. The van der Waals surface area contributed by atoms with Crippen molar-refractivity contribution in [2.45, 2.75) is 69.9 Å². The number of rotatable bonds is 11. The first-order valence-electron chi connectivity index (χ1n) is 11.9. The molecule has 3 atom stereocenters.